The van der Waals surface area contributed by atoms with Gasteiger partial charge in [-0.2, -0.15) is 0 Å². The predicted molar refractivity (Wildman–Crippen MR) is 132 cm³/mol. The van der Waals surface area contributed by atoms with Gasteiger partial charge in [0.25, 0.3) is 11.8 Å². The summed E-state index contributed by atoms with van der Waals surface area (Å²) in [4.78, 5) is 30.3. The van der Waals surface area contributed by atoms with Gasteiger partial charge in [0.05, 0.1) is 7.11 Å². The number of ether oxygens (including phenoxy) is 1. The average molecular weight is 474 g/mol. The van der Waals surface area contributed by atoms with Crippen LogP contribution in [0.3, 0.4) is 0 Å². The van der Waals surface area contributed by atoms with Crippen LogP contribution in [0.25, 0.3) is 11.0 Å². The zero-order valence-corrected chi connectivity index (χ0v) is 19.2. The van der Waals surface area contributed by atoms with Crippen LogP contribution in [0.5, 0.6) is 5.75 Å². The molecule has 5 rings (SSSR count). The molecule has 1 fully saturated rings. The van der Waals surface area contributed by atoms with Gasteiger partial charge >= 0.3 is 0 Å². The Bertz CT molecular complexity index is 1370. The molecule has 7 nitrogen and oxygen atoms in total. The summed E-state index contributed by atoms with van der Waals surface area (Å²) in [5.74, 6) is -0.287. The molecule has 0 spiro atoms. The molecule has 1 saturated heterocycles. The second-order valence-corrected chi connectivity index (χ2v) is 8.24. The van der Waals surface area contributed by atoms with Gasteiger partial charge in [0.15, 0.2) is 0 Å². The number of carbonyl (C=O) groups is 2. The zero-order valence-electron chi connectivity index (χ0n) is 19.2. The van der Waals surface area contributed by atoms with Crippen molar-refractivity contribution < 1.29 is 23.1 Å². The molecule has 35 heavy (non-hydrogen) atoms. The topological polar surface area (TPSA) is 75.0 Å². The Morgan fingerprint density at radius 3 is 2.43 bits per heavy atom. The van der Waals surface area contributed by atoms with Gasteiger partial charge < -0.3 is 24.3 Å². The van der Waals surface area contributed by atoms with Crippen molar-refractivity contribution in [2.75, 3.05) is 43.5 Å². The van der Waals surface area contributed by atoms with Crippen molar-refractivity contribution in [3.05, 3.63) is 89.9 Å². The van der Waals surface area contributed by atoms with E-state index in [0.29, 0.717) is 54.1 Å². The number of para-hydroxylation sites is 1. The maximum Gasteiger partial charge on any atom is 0.291 e. The van der Waals surface area contributed by atoms with Gasteiger partial charge in [-0.25, -0.2) is 4.39 Å². The monoisotopic (exact) mass is 473 g/mol. The molecule has 178 valence electrons. The average Bonchev–Trinajstić information content (AvgIpc) is 3.27. The lowest BCUT2D eigenvalue weighted by Crippen LogP contribution is -2.48. The number of methoxy groups -OCH3 is 1. The van der Waals surface area contributed by atoms with Crippen LogP contribution in [0.15, 0.2) is 77.2 Å². The normalized spacial score (nSPS) is 13.7. The maximum atomic E-state index is 13.5. The summed E-state index contributed by atoms with van der Waals surface area (Å²) in [6.07, 6.45) is 0. The number of carbonyl (C=O) groups excluding carboxylic acids is 2. The van der Waals surface area contributed by atoms with E-state index in [0.717, 1.165) is 5.69 Å². The Morgan fingerprint density at radius 1 is 0.943 bits per heavy atom. The quantitative estimate of drug-likeness (QED) is 0.451. The van der Waals surface area contributed by atoms with Crippen molar-refractivity contribution in [3.8, 4) is 5.75 Å². The molecule has 1 aromatic heterocycles. The molecule has 0 radical (unpaired) electrons. The zero-order chi connectivity index (χ0) is 24.4. The van der Waals surface area contributed by atoms with Crippen LogP contribution in [-0.4, -0.2) is 50.0 Å². The van der Waals surface area contributed by atoms with Gasteiger partial charge in [0.2, 0.25) is 5.76 Å². The highest BCUT2D eigenvalue weighted by molar-refractivity contribution is 6.14. The summed E-state index contributed by atoms with van der Waals surface area (Å²) >= 11 is 0. The van der Waals surface area contributed by atoms with Crippen LogP contribution in [0.4, 0.5) is 15.8 Å². The molecule has 3 aromatic carbocycles. The Hall–Kier alpha value is -4.33. The smallest absolute Gasteiger partial charge is 0.291 e. The number of halogens is 1. The Labute approximate surface area is 201 Å². The summed E-state index contributed by atoms with van der Waals surface area (Å²) in [5.41, 5.74) is 2.18. The molecule has 0 aliphatic carbocycles. The number of furan rings is 1. The number of hydrogen-bond acceptors (Lipinski definition) is 5. The third-order valence-corrected chi connectivity index (χ3v) is 6.12. The molecular weight excluding hydrogens is 449 g/mol. The van der Waals surface area contributed by atoms with E-state index in [-0.39, 0.29) is 23.4 Å². The third-order valence-electron chi connectivity index (χ3n) is 6.12. The lowest BCUT2D eigenvalue weighted by atomic mass is 10.1. The Balaban J connectivity index is 1.38. The Kier molecular flexibility index (Phi) is 6.10. The van der Waals surface area contributed by atoms with Crippen molar-refractivity contribution >= 4 is 34.2 Å². The second-order valence-electron chi connectivity index (χ2n) is 8.24. The van der Waals surface area contributed by atoms with E-state index >= 15 is 0 Å². The second kappa shape index (κ2) is 9.50. The van der Waals surface area contributed by atoms with Crippen LogP contribution < -0.4 is 15.0 Å². The first kappa shape index (κ1) is 22.5. The van der Waals surface area contributed by atoms with Crippen molar-refractivity contribution in [1.82, 2.24) is 4.90 Å². The fourth-order valence-electron chi connectivity index (χ4n) is 4.23. The molecule has 0 atom stereocenters. The lowest BCUT2D eigenvalue weighted by molar-refractivity contribution is 0.0718. The molecule has 0 saturated carbocycles. The van der Waals surface area contributed by atoms with E-state index in [4.69, 9.17) is 9.15 Å². The van der Waals surface area contributed by atoms with E-state index in [1.165, 1.54) is 19.2 Å². The third kappa shape index (κ3) is 4.55. The highest BCUT2D eigenvalue weighted by atomic mass is 19.1. The van der Waals surface area contributed by atoms with Gasteiger partial charge in [-0.1, -0.05) is 18.2 Å². The van der Waals surface area contributed by atoms with E-state index in [2.05, 4.69) is 10.2 Å². The van der Waals surface area contributed by atoms with Crippen molar-refractivity contribution in [3.63, 3.8) is 0 Å². The van der Waals surface area contributed by atoms with Crippen LogP contribution in [0.2, 0.25) is 0 Å². The molecular formula is C27H24FN3O4. The van der Waals surface area contributed by atoms with Crippen LogP contribution in [-0.2, 0) is 0 Å². The fourth-order valence-corrected chi connectivity index (χ4v) is 4.23. The first-order chi connectivity index (χ1) is 17.0. The Morgan fingerprint density at radius 2 is 1.69 bits per heavy atom. The number of benzene rings is 3. The molecule has 8 heteroatoms. The molecule has 0 unspecified atom stereocenters. The maximum absolute atomic E-state index is 13.5. The highest BCUT2D eigenvalue weighted by Crippen LogP contribution is 2.33. The number of anilines is 2. The summed E-state index contributed by atoms with van der Waals surface area (Å²) in [6.45, 7) is 2.14. The summed E-state index contributed by atoms with van der Waals surface area (Å²) < 4.78 is 24.4. The largest absolute Gasteiger partial charge is 0.497 e. The fraction of sp³-hybridized carbons (Fsp3) is 0.185. The number of hydrogen-bond donors (Lipinski definition) is 1. The van der Waals surface area contributed by atoms with Gasteiger partial charge in [-0.15, -0.1) is 0 Å². The van der Waals surface area contributed by atoms with E-state index < -0.39 is 0 Å². The van der Waals surface area contributed by atoms with Crippen molar-refractivity contribution in [2.24, 2.45) is 0 Å². The number of amides is 2. The molecule has 1 aliphatic rings. The number of rotatable bonds is 5. The molecule has 1 N–H and O–H groups in total. The van der Waals surface area contributed by atoms with E-state index in [1.54, 1.807) is 47.4 Å². The molecule has 1 aliphatic heterocycles. The van der Waals surface area contributed by atoms with Gasteiger partial charge in [0, 0.05) is 42.8 Å². The predicted octanol–water partition coefficient (Wildman–Crippen LogP) is 4.80. The minimum atomic E-state index is -0.370. The number of nitrogens with zero attached hydrogens (tertiary/aromatic N) is 2. The lowest BCUT2D eigenvalue weighted by Gasteiger charge is -2.35. The number of fused-ring (bicyclic) bond motifs is 1. The molecule has 2 heterocycles. The minimum absolute atomic E-state index is 0.0951. The standard InChI is InChI=1S/C27H24FN3O4/c1-34-21-6-4-5-18(17-21)26(32)29-24-22-7-2-3-8-23(22)35-25(24)27(33)31-15-13-30(14-16-31)20-11-9-19(28)10-12-20/h2-12,17H,13-16H2,1H3,(H,29,32). The van der Waals surface area contributed by atoms with Gasteiger partial charge in [-0.05, 0) is 54.6 Å². The summed E-state index contributed by atoms with van der Waals surface area (Å²) in [7, 11) is 1.53. The number of piperazine rings is 1. The molecule has 0 bridgehead atoms. The van der Waals surface area contributed by atoms with E-state index in [9.17, 15) is 14.0 Å². The van der Waals surface area contributed by atoms with Gasteiger partial charge in [0.1, 0.15) is 22.8 Å². The highest BCUT2D eigenvalue weighted by Gasteiger charge is 2.29. The summed E-state index contributed by atoms with van der Waals surface area (Å²) in [6, 6.07) is 20.3. The van der Waals surface area contributed by atoms with Crippen LogP contribution >= 0.6 is 0 Å². The van der Waals surface area contributed by atoms with Gasteiger partial charge in [-0.3, -0.25) is 9.59 Å². The minimum Gasteiger partial charge on any atom is -0.497 e. The SMILES string of the molecule is COc1cccc(C(=O)Nc2c(C(=O)N3CCN(c4ccc(F)cc4)CC3)oc3ccccc23)c1. The number of nitrogens with one attached hydrogen (secondary N) is 1. The van der Waals surface area contributed by atoms with Crippen molar-refractivity contribution in [2.45, 2.75) is 0 Å². The molecule has 4 aromatic rings. The van der Waals surface area contributed by atoms with Crippen LogP contribution in [0.1, 0.15) is 20.9 Å². The van der Waals surface area contributed by atoms with Crippen molar-refractivity contribution in [1.29, 1.82) is 0 Å². The first-order valence-electron chi connectivity index (χ1n) is 11.3. The summed E-state index contributed by atoms with van der Waals surface area (Å²) in [5, 5.41) is 3.53. The van der Waals surface area contributed by atoms with E-state index in [1.807, 2.05) is 18.2 Å². The first-order valence-corrected chi connectivity index (χ1v) is 11.3. The van der Waals surface area contributed by atoms with Crippen LogP contribution in [0, 0.1) is 5.82 Å². The molecule has 2 amide bonds.